The Morgan fingerprint density at radius 3 is 2.79 bits per heavy atom. The van der Waals surface area contributed by atoms with E-state index in [4.69, 9.17) is 9.47 Å². The number of fused-ring (bicyclic) bond motifs is 1. The molecule has 1 amide bonds. The van der Waals surface area contributed by atoms with Crippen molar-refractivity contribution in [3.8, 4) is 5.75 Å². The summed E-state index contributed by atoms with van der Waals surface area (Å²) in [6, 6.07) is 10.0. The molecule has 1 aliphatic rings. The molecule has 0 bridgehead atoms. The van der Waals surface area contributed by atoms with Gasteiger partial charge in [0.25, 0.3) is 5.91 Å². The van der Waals surface area contributed by atoms with Gasteiger partial charge in [-0.25, -0.2) is 4.98 Å². The average Bonchev–Trinajstić information content (AvgIpc) is 3.15. The van der Waals surface area contributed by atoms with Crippen molar-refractivity contribution in [2.75, 3.05) is 43.6 Å². The number of nitro benzene ring substituents is 1. The van der Waals surface area contributed by atoms with Gasteiger partial charge in [0.05, 0.1) is 35.5 Å². The average molecular weight is 414 g/mol. The van der Waals surface area contributed by atoms with Crippen molar-refractivity contribution in [3.63, 3.8) is 0 Å². The minimum atomic E-state index is -0.583. The first kappa shape index (κ1) is 19.1. The molecule has 1 aromatic heterocycles. The molecule has 0 aliphatic carbocycles. The molecule has 0 saturated carbocycles. The maximum Gasteiger partial charge on any atom is 0.311 e. The number of rotatable bonds is 5. The Balaban J connectivity index is 1.55. The zero-order valence-electron chi connectivity index (χ0n) is 15.6. The lowest BCUT2D eigenvalue weighted by Gasteiger charge is -2.28. The van der Waals surface area contributed by atoms with Crippen LogP contribution in [0.25, 0.3) is 10.2 Å². The topological polar surface area (TPSA) is 107 Å². The third kappa shape index (κ3) is 3.98. The van der Waals surface area contributed by atoms with Crippen LogP contribution < -0.4 is 15.0 Å². The number of hydrogen-bond donors (Lipinski definition) is 1. The van der Waals surface area contributed by atoms with Crippen LogP contribution in [0.2, 0.25) is 0 Å². The number of aromatic nitrogens is 1. The second-order valence-electron chi connectivity index (χ2n) is 6.37. The van der Waals surface area contributed by atoms with Crippen LogP contribution in [-0.2, 0) is 4.74 Å². The molecular formula is C19H18N4O5S. The number of morpholine rings is 1. The van der Waals surface area contributed by atoms with Gasteiger partial charge in [0.2, 0.25) is 0 Å². The van der Waals surface area contributed by atoms with E-state index in [1.54, 1.807) is 0 Å². The molecule has 3 aromatic rings. The number of benzene rings is 2. The number of anilines is 2. The van der Waals surface area contributed by atoms with Crippen molar-refractivity contribution in [3.05, 3.63) is 52.1 Å². The molecule has 1 fully saturated rings. The summed E-state index contributed by atoms with van der Waals surface area (Å²) >= 11 is 1.36. The summed E-state index contributed by atoms with van der Waals surface area (Å²) in [6.07, 6.45) is 0. The SMILES string of the molecule is COc1ccc(C(=O)Nc2nc3ccc(N4CCOCC4)cc3s2)cc1[N+](=O)[O-]. The molecule has 0 atom stereocenters. The van der Waals surface area contributed by atoms with E-state index in [2.05, 4.69) is 15.2 Å². The van der Waals surface area contributed by atoms with E-state index in [1.165, 1.54) is 36.6 Å². The van der Waals surface area contributed by atoms with Crippen molar-refractivity contribution < 1.29 is 19.2 Å². The minimum absolute atomic E-state index is 0.0992. The molecule has 29 heavy (non-hydrogen) atoms. The molecule has 1 N–H and O–H groups in total. The molecule has 0 spiro atoms. The van der Waals surface area contributed by atoms with Gasteiger partial charge in [0.15, 0.2) is 10.9 Å². The first-order chi connectivity index (χ1) is 14.0. The molecule has 2 heterocycles. The summed E-state index contributed by atoms with van der Waals surface area (Å²) in [5.74, 6) is -0.370. The highest BCUT2D eigenvalue weighted by molar-refractivity contribution is 7.22. The number of nitrogens with zero attached hydrogens (tertiary/aromatic N) is 3. The number of ether oxygens (including phenoxy) is 2. The number of carbonyl (C=O) groups is 1. The lowest BCUT2D eigenvalue weighted by Crippen LogP contribution is -2.36. The van der Waals surface area contributed by atoms with Crippen molar-refractivity contribution in [1.29, 1.82) is 0 Å². The zero-order chi connectivity index (χ0) is 20.4. The summed E-state index contributed by atoms with van der Waals surface area (Å²) < 4.78 is 11.3. The van der Waals surface area contributed by atoms with Gasteiger partial charge in [-0.1, -0.05) is 11.3 Å². The summed E-state index contributed by atoms with van der Waals surface area (Å²) in [6.45, 7) is 3.08. The number of hydrogen-bond acceptors (Lipinski definition) is 8. The van der Waals surface area contributed by atoms with Crippen molar-refractivity contribution >= 4 is 44.0 Å². The number of nitro groups is 1. The van der Waals surface area contributed by atoms with Crippen LogP contribution in [0, 0.1) is 10.1 Å². The smallest absolute Gasteiger partial charge is 0.311 e. The third-order valence-electron chi connectivity index (χ3n) is 4.61. The molecule has 1 aliphatic heterocycles. The monoisotopic (exact) mass is 414 g/mol. The molecule has 0 radical (unpaired) electrons. The van der Waals surface area contributed by atoms with Crippen LogP contribution in [0.4, 0.5) is 16.5 Å². The van der Waals surface area contributed by atoms with Gasteiger partial charge >= 0.3 is 5.69 Å². The predicted octanol–water partition coefficient (Wildman–Crippen LogP) is 3.30. The number of carbonyl (C=O) groups excluding carboxylic acids is 1. The van der Waals surface area contributed by atoms with E-state index in [1.807, 2.05) is 18.2 Å². The van der Waals surface area contributed by atoms with Gasteiger partial charge in [0.1, 0.15) is 0 Å². The van der Waals surface area contributed by atoms with Crippen LogP contribution in [-0.4, -0.2) is 49.2 Å². The maximum absolute atomic E-state index is 12.5. The zero-order valence-corrected chi connectivity index (χ0v) is 16.4. The largest absolute Gasteiger partial charge is 0.490 e. The Kier molecular flexibility index (Phi) is 5.28. The summed E-state index contributed by atoms with van der Waals surface area (Å²) in [7, 11) is 1.34. The van der Waals surface area contributed by atoms with Crippen LogP contribution in [0.15, 0.2) is 36.4 Å². The minimum Gasteiger partial charge on any atom is -0.490 e. The Morgan fingerprint density at radius 1 is 1.28 bits per heavy atom. The molecule has 0 unspecified atom stereocenters. The Bertz CT molecular complexity index is 1080. The second-order valence-corrected chi connectivity index (χ2v) is 7.40. The first-order valence-electron chi connectivity index (χ1n) is 8.92. The third-order valence-corrected chi connectivity index (χ3v) is 5.54. The van der Waals surface area contributed by atoms with Crippen LogP contribution >= 0.6 is 11.3 Å². The van der Waals surface area contributed by atoms with E-state index >= 15 is 0 Å². The van der Waals surface area contributed by atoms with E-state index in [9.17, 15) is 14.9 Å². The number of methoxy groups -OCH3 is 1. The maximum atomic E-state index is 12.5. The fraction of sp³-hybridized carbons (Fsp3) is 0.263. The summed E-state index contributed by atoms with van der Waals surface area (Å²) in [5.41, 5.74) is 1.77. The van der Waals surface area contributed by atoms with Crippen LogP contribution in [0.5, 0.6) is 5.75 Å². The highest BCUT2D eigenvalue weighted by Gasteiger charge is 2.19. The molecule has 4 rings (SSSR count). The van der Waals surface area contributed by atoms with E-state index in [0.29, 0.717) is 18.3 Å². The fourth-order valence-corrected chi connectivity index (χ4v) is 4.02. The van der Waals surface area contributed by atoms with Gasteiger partial charge < -0.3 is 14.4 Å². The van der Waals surface area contributed by atoms with E-state index in [0.717, 1.165) is 29.0 Å². The highest BCUT2D eigenvalue weighted by atomic mass is 32.1. The van der Waals surface area contributed by atoms with Crippen LogP contribution in [0.1, 0.15) is 10.4 Å². The molecule has 1 saturated heterocycles. The Labute approximate surface area is 170 Å². The van der Waals surface area contributed by atoms with Crippen molar-refractivity contribution in [2.24, 2.45) is 0 Å². The van der Waals surface area contributed by atoms with Gasteiger partial charge in [-0.05, 0) is 30.3 Å². The second kappa shape index (κ2) is 8.02. The quantitative estimate of drug-likeness (QED) is 0.504. The summed E-state index contributed by atoms with van der Waals surface area (Å²) in [5, 5.41) is 14.3. The first-order valence-corrected chi connectivity index (χ1v) is 9.74. The Morgan fingerprint density at radius 2 is 2.07 bits per heavy atom. The fourth-order valence-electron chi connectivity index (χ4n) is 3.13. The lowest BCUT2D eigenvalue weighted by atomic mass is 10.2. The molecule has 150 valence electrons. The molecular weight excluding hydrogens is 396 g/mol. The van der Waals surface area contributed by atoms with Crippen LogP contribution in [0.3, 0.4) is 0 Å². The number of thiazole rings is 1. The van der Waals surface area contributed by atoms with Gasteiger partial charge in [-0.2, -0.15) is 0 Å². The number of amides is 1. The predicted molar refractivity (Wildman–Crippen MR) is 110 cm³/mol. The molecule has 10 heteroatoms. The van der Waals surface area contributed by atoms with E-state index in [-0.39, 0.29) is 17.0 Å². The van der Waals surface area contributed by atoms with Crippen molar-refractivity contribution in [1.82, 2.24) is 4.98 Å². The standard InChI is InChI=1S/C19H18N4O5S/c1-27-16-5-2-12(10-15(16)23(25)26)18(24)21-19-20-14-4-3-13(11-17(14)29-19)22-6-8-28-9-7-22/h2-5,10-11H,6-9H2,1H3,(H,20,21,24). The molecule has 9 nitrogen and oxygen atoms in total. The lowest BCUT2D eigenvalue weighted by molar-refractivity contribution is -0.385. The number of nitrogens with one attached hydrogen (secondary N) is 1. The summed E-state index contributed by atoms with van der Waals surface area (Å²) in [4.78, 5) is 29.8. The van der Waals surface area contributed by atoms with E-state index < -0.39 is 10.8 Å². The molecule has 2 aromatic carbocycles. The van der Waals surface area contributed by atoms with Gasteiger partial charge in [-0.3, -0.25) is 20.2 Å². The van der Waals surface area contributed by atoms with Gasteiger partial charge in [0, 0.05) is 30.4 Å². The van der Waals surface area contributed by atoms with Gasteiger partial charge in [-0.15, -0.1) is 0 Å². The Hall–Kier alpha value is -3.24. The van der Waals surface area contributed by atoms with Crippen molar-refractivity contribution in [2.45, 2.75) is 0 Å². The highest BCUT2D eigenvalue weighted by Crippen LogP contribution is 2.31. The normalized spacial score (nSPS) is 14.0.